The summed E-state index contributed by atoms with van der Waals surface area (Å²) in [6, 6.07) is 5.27. The van der Waals surface area contributed by atoms with Crippen molar-refractivity contribution < 1.29 is 8.42 Å². The van der Waals surface area contributed by atoms with Gasteiger partial charge in [-0.2, -0.15) is 4.31 Å². The lowest BCUT2D eigenvalue weighted by Crippen LogP contribution is -2.53. The molecule has 138 valence electrons. The number of rotatable bonds is 2. The molecule has 0 spiro atoms. The van der Waals surface area contributed by atoms with E-state index in [4.69, 9.17) is 5.73 Å². The maximum absolute atomic E-state index is 13.1. The minimum Gasteiger partial charge on any atom is -0.327 e. The number of fused-ring (bicyclic) bond motifs is 1. The van der Waals surface area contributed by atoms with Crippen molar-refractivity contribution in [3.05, 3.63) is 23.2 Å². The van der Waals surface area contributed by atoms with Crippen LogP contribution >= 0.6 is 11.3 Å². The van der Waals surface area contributed by atoms with Crippen LogP contribution in [0.15, 0.2) is 23.1 Å². The average Bonchev–Trinajstić information content (AvgIpc) is 2.93. The fourth-order valence-electron chi connectivity index (χ4n) is 3.07. The van der Waals surface area contributed by atoms with E-state index in [-0.39, 0.29) is 16.9 Å². The van der Waals surface area contributed by atoms with Crippen LogP contribution in [-0.4, -0.2) is 36.8 Å². The van der Waals surface area contributed by atoms with Gasteiger partial charge in [-0.25, -0.2) is 13.4 Å². The predicted molar refractivity (Wildman–Crippen MR) is 103 cm³/mol. The second-order valence-electron chi connectivity index (χ2n) is 8.62. The second-order valence-corrected chi connectivity index (χ2v) is 11.6. The van der Waals surface area contributed by atoms with Gasteiger partial charge in [-0.15, -0.1) is 11.3 Å². The van der Waals surface area contributed by atoms with Crippen molar-refractivity contribution in [2.75, 3.05) is 13.1 Å². The number of hydrogen-bond acceptors (Lipinski definition) is 5. The highest BCUT2D eigenvalue weighted by atomic mass is 32.2. The van der Waals surface area contributed by atoms with Crippen molar-refractivity contribution in [1.29, 1.82) is 0 Å². The van der Waals surface area contributed by atoms with Crippen LogP contribution in [0.1, 0.15) is 46.0 Å². The number of hydrogen-bond donors (Lipinski definition) is 1. The Balaban J connectivity index is 1.97. The third-order valence-electron chi connectivity index (χ3n) is 4.92. The zero-order valence-electron chi connectivity index (χ0n) is 15.5. The number of nitrogens with zero attached hydrogens (tertiary/aromatic N) is 2. The van der Waals surface area contributed by atoms with Gasteiger partial charge in [0.1, 0.15) is 0 Å². The van der Waals surface area contributed by atoms with E-state index in [1.165, 1.54) is 0 Å². The Hall–Kier alpha value is -1.02. The fourth-order valence-corrected chi connectivity index (χ4v) is 5.86. The Bertz CT molecular complexity index is 895. The number of nitrogens with two attached hydrogens (primary N) is 1. The summed E-state index contributed by atoms with van der Waals surface area (Å²) in [4.78, 5) is 4.99. The molecule has 5 nitrogen and oxygen atoms in total. The molecule has 1 aliphatic rings. The van der Waals surface area contributed by atoms with Crippen molar-refractivity contribution in [3.8, 4) is 0 Å². The first-order chi connectivity index (χ1) is 11.4. The molecule has 0 bridgehead atoms. The van der Waals surface area contributed by atoms with Crippen molar-refractivity contribution in [1.82, 2.24) is 9.29 Å². The van der Waals surface area contributed by atoms with E-state index < -0.39 is 10.0 Å². The van der Waals surface area contributed by atoms with Gasteiger partial charge in [0, 0.05) is 24.5 Å². The molecule has 0 saturated carbocycles. The second kappa shape index (κ2) is 6.01. The molecule has 25 heavy (non-hydrogen) atoms. The van der Waals surface area contributed by atoms with E-state index in [9.17, 15) is 8.42 Å². The Morgan fingerprint density at radius 3 is 2.60 bits per heavy atom. The Kier molecular flexibility index (Phi) is 4.51. The quantitative estimate of drug-likeness (QED) is 0.865. The van der Waals surface area contributed by atoms with Crippen LogP contribution in [0, 0.1) is 5.41 Å². The molecule has 1 saturated heterocycles. The summed E-state index contributed by atoms with van der Waals surface area (Å²) >= 11 is 1.57. The topological polar surface area (TPSA) is 76.3 Å². The molecular weight excluding hydrogens is 354 g/mol. The lowest BCUT2D eigenvalue weighted by atomic mass is 9.81. The summed E-state index contributed by atoms with van der Waals surface area (Å²) in [6.45, 7) is 11.3. The first-order valence-electron chi connectivity index (χ1n) is 8.58. The highest BCUT2D eigenvalue weighted by molar-refractivity contribution is 7.89. The summed E-state index contributed by atoms with van der Waals surface area (Å²) in [6.07, 6.45) is 0.684. The van der Waals surface area contributed by atoms with Gasteiger partial charge >= 0.3 is 0 Å². The third kappa shape index (κ3) is 3.47. The van der Waals surface area contributed by atoms with Crippen LogP contribution in [0.4, 0.5) is 0 Å². The first-order valence-corrected chi connectivity index (χ1v) is 10.8. The van der Waals surface area contributed by atoms with Gasteiger partial charge < -0.3 is 5.73 Å². The van der Waals surface area contributed by atoms with Gasteiger partial charge in [0.05, 0.1) is 20.1 Å². The van der Waals surface area contributed by atoms with Crippen molar-refractivity contribution >= 4 is 31.6 Å². The molecule has 2 aromatic rings. The van der Waals surface area contributed by atoms with Crippen molar-refractivity contribution in [3.63, 3.8) is 0 Å². The molecule has 2 heterocycles. The smallest absolute Gasteiger partial charge is 0.243 e. The molecular formula is C18H27N3O2S2. The summed E-state index contributed by atoms with van der Waals surface area (Å²) < 4.78 is 28.7. The molecule has 1 fully saturated rings. The molecule has 7 heteroatoms. The van der Waals surface area contributed by atoms with Crippen molar-refractivity contribution in [2.24, 2.45) is 11.1 Å². The SMILES string of the molecule is CC(C)(C)c1nc2ccc(S(=O)(=O)N3CCC(N)C(C)(C)C3)cc2s1. The van der Waals surface area contributed by atoms with E-state index in [2.05, 4.69) is 25.8 Å². The monoisotopic (exact) mass is 381 g/mol. The molecule has 0 amide bonds. The molecule has 1 aromatic heterocycles. The van der Waals surface area contributed by atoms with Crippen LogP contribution in [-0.2, 0) is 15.4 Å². The minimum atomic E-state index is -3.52. The Labute approximate surface area is 154 Å². The van der Waals surface area contributed by atoms with Crippen molar-refractivity contribution in [2.45, 2.75) is 57.4 Å². The number of sulfonamides is 1. The summed E-state index contributed by atoms with van der Waals surface area (Å²) in [5.74, 6) is 0. The van der Waals surface area contributed by atoms with Crippen LogP contribution < -0.4 is 5.73 Å². The normalized spacial score (nSPS) is 22.4. The number of thiazole rings is 1. The highest BCUT2D eigenvalue weighted by Gasteiger charge is 2.38. The zero-order valence-corrected chi connectivity index (χ0v) is 17.2. The maximum atomic E-state index is 13.1. The van der Waals surface area contributed by atoms with Gasteiger partial charge in [0.15, 0.2) is 0 Å². The van der Waals surface area contributed by atoms with Crippen LogP contribution in [0.2, 0.25) is 0 Å². The molecule has 2 N–H and O–H groups in total. The van der Waals surface area contributed by atoms with Crippen LogP contribution in [0.3, 0.4) is 0 Å². The molecule has 0 aliphatic carbocycles. The molecule has 1 atom stereocenters. The molecule has 1 aliphatic heterocycles. The predicted octanol–water partition coefficient (Wildman–Crippen LogP) is 3.34. The van der Waals surface area contributed by atoms with E-state index in [1.807, 2.05) is 19.9 Å². The van der Waals surface area contributed by atoms with Gasteiger partial charge in [0.2, 0.25) is 10.0 Å². The minimum absolute atomic E-state index is 0.0252. The van der Waals surface area contributed by atoms with Crippen LogP contribution in [0.5, 0.6) is 0 Å². The first kappa shape index (κ1) is 18.8. The fraction of sp³-hybridized carbons (Fsp3) is 0.611. The Morgan fingerprint density at radius 1 is 1.32 bits per heavy atom. The van der Waals surface area contributed by atoms with E-state index in [0.29, 0.717) is 24.4 Å². The van der Waals surface area contributed by atoms with Gasteiger partial charge in [0.25, 0.3) is 0 Å². The van der Waals surface area contributed by atoms with Gasteiger partial charge in [-0.1, -0.05) is 34.6 Å². The van der Waals surface area contributed by atoms with E-state index >= 15 is 0 Å². The number of piperidine rings is 1. The average molecular weight is 382 g/mol. The van der Waals surface area contributed by atoms with Crippen LogP contribution in [0.25, 0.3) is 10.2 Å². The summed E-state index contributed by atoms with van der Waals surface area (Å²) in [7, 11) is -3.52. The molecule has 1 unspecified atom stereocenters. The number of aromatic nitrogens is 1. The largest absolute Gasteiger partial charge is 0.327 e. The number of benzene rings is 1. The standard InChI is InChI=1S/C18H27N3O2S2/c1-17(2,3)16-20-13-7-6-12(10-14(13)24-16)25(22,23)21-9-8-15(19)18(4,5)11-21/h6-7,10,15H,8-9,11,19H2,1-5H3. The summed E-state index contributed by atoms with van der Waals surface area (Å²) in [5.41, 5.74) is 6.73. The van der Waals surface area contributed by atoms with E-state index in [1.54, 1.807) is 27.8 Å². The Morgan fingerprint density at radius 2 is 2.00 bits per heavy atom. The highest BCUT2D eigenvalue weighted by Crippen LogP contribution is 2.35. The molecule has 1 aromatic carbocycles. The van der Waals surface area contributed by atoms with Gasteiger partial charge in [-0.3, -0.25) is 0 Å². The van der Waals surface area contributed by atoms with E-state index in [0.717, 1.165) is 15.2 Å². The maximum Gasteiger partial charge on any atom is 0.243 e. The zero-order chi connectivity index (χ0) is 18.6. The molecule has 3 rings (SSSR count). The molecule has 0 radical (unpaired) electrons. The lowest BCUT2D eigenvalue weighted by molar-refractivity contribution is 0.155. The lowest BCUT2D eigenvalue weighted by Gasteiger charge is -2.41. The third-order valence-corrected chi connectivity index (χ3v) is 8.20. The van der Waals surface area contributed by atoms with Gasteiger partial charge in [-0.05, 0) is 30.0 Å². The summed E-state index contributed by atoms with van der Waals surface area (Å²) in [5, 5.41) is 1.02.